The zero-order valence-electron chi connectivity index (χ0n) is 11.5. The first-order valence-electron chi connectivity index (χ1n) is 6.52. The van der Waals surface area contributed by atoms with Gasteiger partial charge in [0, 0.05) is 26.2 Å². The van der Waals surface area contributed by atoms with Crippen molar-refractivity contribution in [2.24, 2.45) is 0 Å². The van der Waals surface area contributed by atoms with E-state index in [0.717, 1.165) is 0 Å². The van der Waals surface area contributed by atoms with Crippen LogP contribution in [0, 0.1) is 0 Å². The van der Waals surface area contributed by atoms with Gasteiger partial charge in [0.1, 0.15) is 19.5 Å². The van der Waals surface area contributed by atoms with Crippen LogP contribution in [0.2, 0.25) is 0 Å². The van der Waals surface area contributed by atoms with Gasteiger partial charge >= 0.3 is 12.3 Å². The van der Waals surface area contributed by atoms with Gasteiger partial charge in [0.15, 0.2) is 0 Å². The molecular formula is C11H15F4N5O2. The number of nitrogens with zero attached hydrogens (tertiary/aromatic N) is 4. The van der Waals surface area contributed by atoms with E-state index in [4.69, 9.17) is 0 Å². The number of carbonyl (C=O) groups excluding carboxylic acids is 1. The van der Waals surface area contributed by atoms with Gasteiger partial charge in [0.2, 0.25) is 11.9 Å². The summed E-state index contributed by atoms with van der Waals surface area (Å²) < 4.78 is 53.5. The third-order valence-corrected chi connectivity index (χ3v) is 3.17. The smallest absolute Gasteiger partial charge is 0.330 e. The Hall–Kier alpha value is -1.91. The second-order valence-electron chi connectivity index (χ2n) is 4.73. The minimum Gasteiger partial charge on any atom is -0.365 e. The van der Waals surface area contributed by atoms with Crippen LogP contribution in [0.5, 0.6) is 0 Å². The molecule has 1 aromatic heterocycles. The molecule has 1 aliphatic rings. The Morgan fingerprint density at radius 3 is 2.59 bits per heavy atom. The van der Waals surface area contributed by atoms with E-state index in [0.29, 0.717) is 32.1 Å². The van der Waals surface area contributed by atoms with Crippen LogP contribution < -0.4 is 4.90 Å². The van der Waals surface area contributed by atoms with Crippen LogP contribution in [0.25, 0.3) is 0 Å². The number of piperazine rings is 1. The quantitative estimate of drug-likeness (QED) is 0.765. The monoisotopic (exact) mass is 325 g/mol. The highest BCUT2D eigenvalue weighted by Crippen LogP contribution is 2.22. The fourth-order valence-electron chi connectivity index (χ4n) is 1.95. The second-order valence-corrected chi connectivity index (χ2v) is 4.73. The number of hydrogen-bond acceptors (Lipinski definition) is 5. The highest BCUT2D eigenvalue weighted by molar-refractivity contribution is 5.77. The summed E-state index contributed by atoms with van der Waals surface area (Å²) in [6.07, 6.45) is -2.45. The summed E-state index contributed by atoms with van der Waals surface area (Å²) in [5, 5.41) is 6.41. The van der Waals surface area contributed by atoms with Crippen molar-refractivity contribution in [2.45, 2.75) is 12.3 Å². The van der Waals surface area contributed by atoms with Gasteiger partial charge in [0.25, 0.3) is 0 Å². The number of amides is 1. The van der Waals surface area contributed by atoms with Crippen LogP contribution in [0.1, 0.15) is 0 Å². The average Bonchev–Trinajstić information content (AvgIpc) is 3.01. The Kier molecular flexibility index (Phi) is 5.16. The number of aromatic nitrogens is 3. The van der Waals surface area contributed by atoms with Crippen LogP contribution in [-0.2, 0) is 9.53 Å². The molecule has 0 aromatic carbocycles. The number of hydrogen-bond donors (Lipinski definition) is 1. The fourth-order valence-corrected chi connectivity index (χ4v) is 1.95. The van der Waals surface area contributed by atoms with Crippen LogP contribution >= 0.6 is 0 Å². The molecule has 11 heteroatoms. The maximum Gasteiger partial charge on any atom is 0.330 e. The molecule has 124 valence electrons. The predicted octanol–water partition coefficient (Wildman–Crippen LogP) is 0.370. The van der Waals surface area contributed by atoms with Crippen molar-refractivity contribution in [3.63, 3.8) is 0 Å². The van der Waals surface area contributed by atoms with Crippen LogP contribution in [-0.4, -0.2) is 77.7 Å². The molecule has 22 heavy (non-hydrogen) atoms. The lowest BCUT2D eigenvalue weighted by atomic mass is 10.3. The first-order chi connectivity index (χ1) is 10.4. The molecule has 7 nitrogen and oxygen atoms in total. The van der Waals surface area contributed by atoms with E-state index in [1.54, 1.807) is 0 Å². The number of anilines is 1. The number of alkyl halides is 4. The molecule has 1 aliphatic heterocycles. The molecule has 0 unspecified atom stereocenters. The van der Waals surface area contributed by atoms with Gasteiger partial charge in [-0.05, 0) is 0 Å². The van der Waals surface area contributed by atoms with Crippen molar-refractivity contribution in [1.29, 1.82) is 0 Å². The van der Waals surface area contributed by atoms with Crippen LogP contribution in [0.15, 0.2) is 6.33 Å². The van der Waals surface area contributed by atoms with Gasteiger partial charge in [-0.1, -0.05) is 0 Å². The Labute approximate surface area is 123 Å². The van der Waals surface area contributed by atoms with Crippen molar-refractivity contribution in [3.05, 3.63) is 6.33 Å². The normalized spacial score (nSPS) is 16.4. The van der Waals surface area contributed by atoms with Gasteiger partial charge in [-0.2, -0.15) is 18.9 Å². The van der Waals surface area contributed by atoms with Crippen molar-refractivity contribution < 1.29 is 27.1 Å². The lowest BCUT2D eigenvalue weighted by molar-refractivity contribution is -0.171. The van der Waals surface area contributed by atoms with E-state index >= 15 is 0 Å². The van der Waals surface area contributed by atoms with Crippen molar-refractivity contribution in [3.8, 4) is 0 Å². The summed E-state index contributed by atoms with van der Waals surface area (Å²) in [5.74, 6) is -4.17. The molecule has 2 heterocycles. The molecule has 2 rings (SSSR count). The summed E-state index contributed by atoms with van der Waals surface area (Å²) in [7, 11) is 0. The topological polar surface area (TPSA) is 74.3 Å². The lowest BCUT2D eigenvalue weighted by Crippen LogP contribution is -2.50. The third-order valence-electron chi connectivity index (χ3n) is 3.17. The van der Waals surface area contributed by atoms with Gasteiger partial charge in [-0.25, -0.2) is 13.9 Å². The molecule has 0 bridgehead atoms. The Balaban J connectivity index is 1.71. The Bertz CT molecular complexity index is 477. The molecular weight excluding hydrogens is 310 g/mol. The van der Waals surface area contributed by atoms with E-state index < -0.39 is 31.5 Å². The number of aromatic amines is 1. The van der Waals surface area contributed by atoms with Gasteiger partial charge < -0.3 is 14.5 Å². The summed E-state index contributed by atoms with van der Waals surface area (Å²) in [5.41, 5.74) is 0. The highest BCUT2D eigenvalue weighted by atomic mass is 19.3. The van der Waals surface area contributed by atoms with Crippen molar-refractivity contribution in [2.75, 3.05) is 44.3 Å². The van der Waals surface area contributed by atoms with E-state index in [1.165, 1.54) is 11.2 Å². The first kappa shape index (κ1) is 16.5. The van der Waals surface area contributed by atoms with Crippen molar-refractivity contribution >= 4 is 11.9 Å². The zero-order chi connectivity index (χ0) is 16.2. The van der Waals surface area contributed by atoms with E-state index in [1.807, 2.05) is 4.90 Å². The minimum absolute atomic E-state index is 0.355. The number of H-pyrrole nitrogens is 1. The number of ether oxygens (including phenoxy) is 1. The Morgan fingerprint density at radius 2 is 2.05 bits per heavy atom. The molecule has 1 saturated heterocycles. The summed E-state index contributed by atoms with van der Waals surface area (Å²) >= 11 is 0. The molecule has 0 spiro atoms. The third kappa shape index (κ3) is 4.06. The largest absolute Gasteiger partial charge is 0.365 e. The number of carbonyl (C=O) groups is 1. The zero-order valence-corrected chi connectivity index (χ0v) is 11.5. The maximum atomic E-state index is 12.6. The van der Waals surface area contributed by atoms with Crippen LogP contribution in [0.4, 0.5) is 23.5 Å². The maximum absolute atomic E-state index is 12.6. The fraction of sp³-hybridized carbons (Fsp3) is 0.727. The standard InChI is InChI=1S/C11H15F4N5O2/c12-9(13)11(14,15)6-22-5-8(21)19-1-3-20(4-2-19)10-16-7-17-18-10/h7,9H,1-6H2,(H,16,17,18). The van der Waals surface area contributed by atoms with Gasteiger partial charge in [-0.3, -0.25) is 4.79 Å². The SMILES string of the molecule is O=C(COCC(F)(F)C(F)F)N1CCN(c2ncn[nH]2)CC1. The van der Waals surface area contributed by atoms with E-state index in [-0.39, 0.29) is 0 Å². The second kappa shape index (κ2) is 6.90. The van der Waals surface area contributed by atoms with Gasteiger partial charge in [0.05, 0.1) is 0 Å². The molecule has 0 radical (unpaired) electrons. The van der Waals surface area contributed by atoms with Gasteiger partial charge in [-0.15, -0.1) is 0 Å². The summed E-state index contributed by atoms with van der Waals surface area (Å²) in [6, 6.07) is 0. The average molecular weight is 325 g/mol. The molecule has 0 saturated carbocycles. The molecule has 0 aliphatic carbocycles. The van der Waals surface area contributed by atoms with E-state index in [2.05, 4.69) is 19.9 Å². The minimum atomic E-state index is -4.24. The lowest BCUT2D eigenvalue weighted by Gasteiger charge is -2.34. The first-order valence-corrected chi connectivity index (χ1v) is 6.52. The molecule has 1 fully saturated rings. The number of rotatable bonds is 6. The number of nitrogens with one attached hydrogen (secondary N) is 1. The van der Waals surface area contributed by atoms with E-state index in [9.17, 15) is 22.4 Å². The summed E-state index contributed by atoms with van der Waals surface area (Å²) in [4.78, 5) is 19.0. The number of halogens is 4. The highest BCUT2D eigenvalue weighted by Gasteiger charge is 2.41. The molecule has 1 amide bonds. The van der Waals surface area contributed by atoms with Crippen LogP contribution in [0.3, 0.4) is 0 Å². The molecule has 1 N–H and O–H groups in total. The Morgan fingerprint density at radius 1 is 1.36 bits per heavy atom. The molecule has 1 aromatic rings. The predicted molar refractivity (Wildman–Crippen MR) is 66.9 cm³/mol. The molecule has 0 atom stereocenters. The van der Waals surface area contributed by atoms with Crippen molar-refractivity contribution in [1.82, 2.24) is 20.1 Å². The summed E-state index contributed by atoms with van der Waals surface area (Å²) in [6.45, 7) is -0.427.